The molecular weight excluding hydrogens is 266 g/mol. The highest BCUT2D eigenvalue weighted by Crippen LogP contribution is 2.28. The number of anilines is 1. The van der Waals surface area contributed by atoms with Crippen molar-refractivity contribution >= 4 is 16.7 Å². The molecule has 0 fully saturated rings. The van der Waals surface area contributed by atoms with Gasteiger partial charge in [0.2, 0.25) is 0 Å². The zero-order chi connectivity index (χ0) is 15.1. The van der Waals surface area contributed by atoms with Gasteiger partial charge in [-0.25, -0.2) is 4.98 Å². The van der Waals surface area contributed by atoms with Gasteiger partial charge < -0.3 is 10.8 Å². The standard InChI is InChI=1S/C15H19N5O/c1-4-11-14(8-19(3)18-11)20-13-6-5-10(16)7-12(13)17-15(20)9(2)21/h5-9,21H,4,16H2,1-3H3. The zero-order valence-electron chi connectivity index (χ0n) is 12.4. The van der Waals surface area contributed by atoms with Crippen LogP contribution >= 0.6 is 0 Å². The summed E-state index contributed by atoms with van der Waals surface area (Å²) in [5, 5.41) is 14.5. The van der Waals surface area contributed by atoms with Gasteiger partial charge in [-0.05, 0) is 31.5 Å². The summed E-state index contributed by atoms with van der Waals surface area (Å²) >= 11 is 0. The van der Waals surface area contributed by atoms with Crippen LogP contribution in [0.4, 0.5) is 5.69 Å². The molecule has 6 heteroatoms. The lowest BCUT2D eigenvalue weighted by Gasteiger charge is -2.10. The first-order valence-electron chi connectivity index (χ1n) is 7.00. The van der Waals surface area contributed by atoms with E-state index < -0.39 is 6.10 Å². The number of fused-ring (bicyclic) bond motifs is 1. The van der Waals surface area contributed by atoms with Crippen LogP contribution in [0.25, 0.3) is 16.7 Å². The Bertz CT molecular complexity index is 800. The van der Waals surface area contributed by atoms with Crippen LogP contribution in [0.15, 0.2) is 24.4 Å². The van der Waals surface area contributed by atoms with E-state index in [2.05, 4.69) is 17.0 Å². The average molecular weight is 285 g/mol. The molecule has 2 heterocycles. The second kappa shape index (κ2) is 4.89. The Kier molecular flexibility index (Phi) is 3.17. The molecule has 0 bridgehead atoms. The van der Waals surface area contributed by atoms with Gasteiger partial charge in [0, 0.05) is 18.9 Å². The Morgan fingerprint density at radius 3 is 2.81 bits per heavy atom. The van der Waals surface area contributed by atoms with E-state index in [1.165, 1.54) is 0 Å². The fraction of sp³-hybridized carbons (Fsp3) is 0.333. The normalized spacial score (nSPS) is 13.0. The number of hydrogen-bond donors (Lipinski definition) is 2. The molecule has 0 aliphatic carbocycles. The second-order valence-electron chi connectivity index (χ2n) is 5.22. The lowest BCUT2D eigenvalue weighted by atomic mass is 10.2. The number of nitrogen functional groups attached to an aromatic ring is 1. The monoisotopic (exact) mass is 285 g/mol. The number of nitrogens with two attached hydrogens (primary N) is 1. The van der Waals surface area contributed by atoms with Crippen LogP contribution in [-0.2, 0) is 13.5 Å². The van der Waals surface area contributed by atoms with Crippen molar-refractivity contribution in [3.05, 3.63) is 35.9 Å². The number of benzene rings is 1. The first-order valence-corrected chi connectivity index (χ1v) is 7.00. The van der Waals surface area contributed by atoms with Crippen molar-refractivity contribution in [2.75, 3.05) is 5.73 Å². The van der Waals surface area contributed by atoms with Crippen molar-refractivity contribution in [2.24, 2.45) is 7.05 Å². The van der Waals surface area contributed by atoms with Crippen molar-refractivity contribution in [1.29, 1.82) is 0 Å². The molecule has 3 N–H and O–H groups in total. The first kappa shape index (κ1) is 13.6. The largest absolute Gasteiger partial charge is 0.399 e. The van der Waals surface area contributed by atoms with Crippen LogP contribution in [0, 0.1) is 0 Å². The summed E-state index contributed by atoms with van der Waals surface area (Å²) in [5.74, 6) is 0.596. The molecule has 0 saturated carbocycles. The van der Waals surface area contributed by atoms with E-state index in [1.807, 2.05) is 36.0 Å². The SMILES string of the molecule is CCc1nn(C)cc1-n1c(C(C)O)nc2cc(N)ccc21. The van der Waals surface area contributed by atoms with Crippen molar-refractivity contribution in [3.8, 4) is 5.69 Å². The maximum atomic E-state index is 10.1. The Labute approximate surface area is 122 Å². The predicted octanol–water partition coefficient (Wildman–Crippen LogP) is 1.96. The van der Waals surface area contributed by atoms with Crippen LogP contribution < -0.4 is 5.73 Å². The number of aromatic nitrogens is 4. The third-order valence-corrected chi connectivity index (χ3v) is 3.54. The van der Waals surface area contributed by atoms with Gasteiger partial charge in [0.1, 0.15) is 11.9 Å². The lowest BCUT2D eigenvalue weighted by Crippen LogP contribution is -2.06. The molecule has 0 radical (unpaired) electrons. The van der Waals surface area contributed by atoms with Gasteiger partial charge in [0.05, 0.1) is 22.4 Å². The van der Waals surface area contributed by atoms with Crippen LogP contribution in [0.1, 0.15) is 31.5 Å². The van der Waals surface area contributed by atoms with E-state index in [0.29, 0.717) is 11.5 Å². The van der Waals surface area contributed by atoms with Crippen molar-refractivity contribution in [3.63, 3.8) is 0 Å². The topological polar surface area (TPSA) is 81.9 Å². The molecule has 0 spiro atoms. The van der Waals surface area contributed by atoms with Crippen molar-refractivity contribution < 1.29 is 5.11 Å². The Hall–Kier alpha value is -2.34. The molecule has 6 nitrogen and oxygen atoms in total. The average Bonchev–Trinajstić information content (AvgIpc) is 2.97. The molecular formula is C15H19N5O. The minimum atomic E-state index is -0.677. The second-order valence-corrected chi connectivity index (χ2v) is 5.22. The highest BCUT2D eigenvalue weighted by molar-refractivity contribution is 5.81. The van der Waals surface area contributed by atoms with E-state index in [1.54, 1.807) is 11.6 Å². The maximum absolute atomic E-state index is 10.1. The molecule has 3 rings (SSSR count). The maximum Gasteiger partial charge on any atom is 0.143 e. The molecule has 1 atom stereocenters. The number of aliphatic hydroxyl groups is 1. The van der Waals surface area contributed by atoms with E-state index in [0.717, 1.165) is 28.8 Å². The molecule has 0 saturated heterocycles. The van der Waals surface area contributed by atoms with Crippen LogP contribution in [-0.4, -0.2) is 24.4 Å². The molecule has 110 valence electrons. The van der Waals surface area contributed by atoms with Crippen molar-refractivity contribution in [2.45, 2.75) is 26.4 Å². The van der Waals surface area contributed by atoms with Gasteiger partial charge in [-0.15, -0.1) is 0 Å². The number of rotatable bonds is 3. The third kappa shape index (κ3) is 2.17. The van der Waals surface area contributed by atoms with Gasteiger partial charge >= 0.3 is 0 Å². The highest BCUT2D eigenvalue weighted by Gasteiger charge is 2.19. The van der Waals surface area contributed by atoms with Gasteiger partial charge in [0.25, 0.3) is 0 Å². The summed E-state index contributed by atoms with van der Waals surface area (Å²) < 4.78 is 3.74. The summed E-state index contributed by atoms with van der Waals surface area (Å²) in [4.78, 5) is 4.53. The van der Waals surface area contributed by atoms with E-state index >= 15 is 0 Å². The van der Waals surface area contributed by atoms with E-state index in [9.17, 15) is 5.11 Å². The summed E-state index contributed by atoms with van der Waals surface area (Å²) in [6.45, 7) is 3.77. The molecule has 0 aliphatic rings. The Morgan fingerprint density at radius 1 is 1.38 bits per heavy atom. The molecule has 0 amide bonds. The lowest BCUT2D eigenvalue weighted by molar-refractivity contribution is 0.187. The fourth-order valence-electron chi connectivity index (χ4n) is 2.61. The number of aryl methyl sites for hydroxylation is 2. The zero-order valence-corrected chi connectivity index (χ0v) is 12.4. The van der Waals surface area contributed by atoms with Crippen LogP contribution in [0.5, 0.6) is 0 Å². The third-order valence-electron chi connectivity index (χ3n) is 3.54. The minimum absolute atomic E-state index is 0.596. The molecule has 1 aromatic carbocycles. The van der Waals surface area contributed by atoms with Crippen LogP contribution in [0.2, 0.25) is 0 Å². The van der Waals surface area contributed by atoms with Gasteiger partial charge in [-0.3, -0.25) is 9.25 Å². The molecule has 2 aromatic heterocycles. The van der Waals surface area contributed by atoms with Gasteiger partial charge in [-0.2, -0.15) is 5.10 Å². The number of imidazole rings is 1. The summed E-state index contributed by atoms with van der Waals surface area (Å²) in [6, 6.07) is 5.59. The summed E-state index contributed by atoms with van der Waals surface area (Å²) in [6.07, 6.45) is 2.08. The first-order chi connectivity index (χ1) is 10.0. The molecule has 21 heavy (non-hydrogen) atoms. The van der Waals surface area contributed by atoms with Crippen LogP contribution in [0.3, 0.4) is 0 Å². The summed E-state index contributed by atoms with van der Waals surface area (Å²) in [5.41, 5.74) is 10.1. The van der Waals surface area contributed by atoms with E-state index in [-0.39, 0.29) is 0 Å². The van der Waals surface area contributed by atoms with Gasteiger partial charge in [-0.1, -0.05) is 6.92 Å². The smallest absolute Gasteiger partial charge is 0.143 e. The fourth-order valence-corrected chi connectivity index (χ4v) is 2.61. The summed E-state index contributed by atoms with van der Waals surface area (Å²) in [7, 11) is 1.89. The van der Waals surface area contributed by atoms with Crippen molar-refractivity contribution in [1.82, 2.24) is 19.3 Å². The number of nitrogens with zero attached hydrogens (tertiary/aromatic N) is 4. The minimum Gasteiger partial charge on any atom is -0.399 e. The number of aliphatic hydroxyl groups excluding tert-OH is 1. The molecule has 3 aromatic rings. The van der Waals surface area contributed by atoms with Gasteiger partial charge in [0.15, 0.2) is 0 Å². The Morgan fingerprint density at radius 2 is 2.14 bits per heavy atom. The Balaban J connectivity index is 2.36. The molecule has 1 unspecified atom stereocenters. The predicted molar refractivity (Wildman–Crippen MR) is 82.3 cm³/mol. The quantitative estimate of drug-likeness (QED) is 0.721. The van der Waals surface area contributed by atoms with E-state index in [4.69, 9.17) is 5.73 Å². The molecule has 0 aliphatic heterocycles. The number of hydrogen-bond acceptors (Lipinski definition) is 4. The highest BCUT2D eigenvalue weighted by atomic mass is 16.3.